The van der Waals surface area contributed by atoms with Crippen LogP contribution in [0.5, 0.6) is 11.5 Å². The Morgan fingerprint density at radius 3 is 1.71 bits per heavy atom. The summed E-state index contributed by atoms with van der Waals surface area (Å²) in [5.74, 6) is -0.429. The Hall–Kier alpha value is -2.04. The molecule has 1 rings (SSSR count). The molecular weight excluding hydrogens is 428 g/mol. The largest absolute Gasteiger partial charge is 0.487 e. The zero-order valence-corrected chi connectivity index (χ0v) is 22.3. The van der Waals surface area contributed by atoms with Crippen molar-refractivity contribution in [1.82, 2.24) is 0 Å². The van der Waals surface area contributed by atoms with Gasteiger partial charge in [0.25, 0.3) is 0 Å². The molecule has 0 spiro atoms. The quantitative estimate of drug-likeness (QED) is 0.0875. The maximum atomic E-state index is 12.7. The molecule has 0 atom stereocenters. The van der Waals surface area contributed by atoms with E-state index in [0.29, 0.717) is 18.1 Å². The zero-order chi connectivity index (χ0) is 25.2. The van der Waals surface area contributed by atoms with Crippen molar-refractivity contribution in [2.24, 2.45) is 5.41 Å². The third-order valence-electron chi connectivity index (χ3n) is 5.92. The maximum Gasteiger partial charge on any atom is 0.328 e. The summed E-state index contributed by atoms with van der Waals surface area (Å²) in [6, 6.07) is 6.97. The molecule has 0 saturated carbocycles. The van der Waals surface area contributed by atoms with Crippen LogP contribution in [0.1, 0.15) is 118 Å². The molecule has 0 amide bonds. The smallest absolute Gasteiger partial charge is 0.328 e. The van der Waals surface area contributed by atoms with Crippen LogP contribution in [-0.4, -0.2) is 24.6 Å². The lowest BCUT2D eigenvalue weighted by molar-refractivity contribution is -0.164. The zero-order valence-electron chi connectivity index (χ0n) is 22.3. The number of ether oxygens (including phenoxy) is 3. The lowest BCUT2D eigenvalue weighted by atomic mass is 9.94. The summed E-state index contributed by atoms with van der Waals surface area (Å²) in [4.78, 5) is 25.2. The number of para-hydroxylation sites is 2. The van der Waals surface area contributed by atoms with Crippen LogP contribution in [0, 0.1) is 5.41 Å². The molecule has 0 saturated heterocycles. The van der Waals surface area contributed by atoms with Crippen molar-refractivity contribution in [2.45, 2.75) is 124 Å². The second-order valence-electron chi connectivity index (χ2n) is 10.0. The van der Waals surface area contributed by atoms with Gasteiger partial charge >= 0.3 is 11.9 Å². The lowest BCUT2D eigenvalue weighted by Crippen LogP contribution is -2.38. The number of rotatable bonds is 19. The van der Waals surface area contributed by atoms with Crippen LogP contribution in [-0.2, 0) is 14.3 Å². The molecule has 0 bridgehead atoms. The second-order valence-corrected chi connectivity index (χ2v) is 10.0. The Morgan fingerprint density at radius 1 is 0.735 bits per heavy atom. The van der Waals surface area contributed by atoms with Crippen LogP contribution in [0.2, 0.25) is 0 Å². The number of benzene rings is 1. The monoisotopic (exact) mass is 476 g/mol. The molecule has 0 aromatic heterocycles. The minimum atomic E-state index is -1.39. The van der Waals surface area contributed by atoms with E-state index in [1.807, 2.05) is 19.9 Å². The number of carbonyl (C=O) groups excluding carboxylic acids is 2. The van der Waals surface area contributed by atoms with Crippen LogP contribution in [0.25, 0.3) is 0 Å². The van der Waals surface area contributed by atoms with Crippen molar-refractivity contribution < 1.29 is 23.8 Å². The normalized spacial score (nSPS) is 11.5. The van der Waals surface area contributed by atoms with Gasteiger partial charge in [-0.25, -0.2) is 0 Å². The number of unbranched alkanes of at least 4 members (excludes halogenated alkanes) is 12. The predicted octanol–water partition coefficient (Wildman–Crippen LogP) is 8.04. The fourth-order valence-corrected chi connectivity index (χ4v) is 3.66. The Morgan fingerprint density at radius 2 is 1.21 bits per heavy atom. The van der Waals surface area contributed by atoms with Gasteiger partial charge in [-0.2, -0.15) is 0 Å². The number of hydrogen-bond donors (Lipinski definition) is 0. The van der Waals surface area contributed by atoms with E-state index in [9.17, 15) is 9.59 Å². The summed E-state index contributed by atoms with van der Waals surface area (Å²) in [5.41, 5.74) is -1.39. The fourth-order valence-electron chi connectivity index (χ4n) is 3.66. The second kappa shape index (κ2) is 17.4. The Balaban J connectivity index is 2.19. The number of carbonyl (C=O) groups is 2. The molecule has 0 N–H and O–H groups in total. The van der Waals surface area contributed by atoms with Crippen molar-refractivity contribution in [3.8, 4) is 11.5 Å². The van der Waals surface area contributed by atoms with Gasteiger partial charge in [0.1, 0.15) is 0 Å². The van der Waals surface area contributed by atoms with Crippen LogP contribution in [0.4, 0.5) is 0 Å². The molecule has 0 aliphatic rings. The van der Waals surface area contributed by atoms with Crippen LogP contribution < -0.4 is 9.47 Å². The van der Waals surface area contributed by atoms with E-state index in [1.54, 1.807) is 18.2 Å². The van der Waals surface area contributed by atoms with Gasteiger partial charge in [-0.15, -0.1) is 0 Å². The molecule has 34 heavy (non-hydrogen) atoms. The summed E-state index contributed by atoms with van der Waals surface area (Å²) >= 11 is 0. The van der Waals surface area contributed by atoms with Crippen molar-refractivity contribution in [3.63, 3.8) is 0 Å². The topological polar surface area (TPSA) is 61.8 Å². The highest BCUT2D eigenvalue weighted by molar-refractivity contribution is 6.00. The van der Waals surface area contributed by atoms with Gasteiger partial charge in [-0.3, -0.25) is 9.59 Å². The molecule has 0 fully saturated rings. The molecule has 0 aliphatic heterocycles. The molecule has 1 aromatic carbocycles. The molecule has 0 heterocycles. The molecule has 5 heteroatoms. The standard InChI is InChI=1S/C29H48O5/c1-6-7-8-9-10-11-12-13-14-15-16-17-20-23-32-27(30)29(4,5)28(31)34-26-22-19-18-21-25(26)33-24(2)3/h18-19,21-22,24H,6-17,20,23H2,1-5H3. The maximum absolute atomic E-state index is 12.7. The number of hydrogen-bond acceptors (Lipinski definition) is 5. The highest BCUT2D eigenvalue weighted by atomic mass is 16.6. The van der Waals surface area contributed by atoms with Crippen molar-refractivity contribution in [2.75, 3.05) is 6.61 Å². The van der Waals surface area contributed by atoms with Gasteiger partial charge in [0.2, 0.25) is 0 Å². The van der Waals surface area contributed by atoms with Crippen LogP contribution in [0.15, 0.2) is 24.3 Å². The van der Waals surface area contributed by atoms with Crippen molar-refractivity contribution >= 4 is 11.9 Å². The lowest BCUT2D eigenvalue weighted by Gasteiger charge is -2.22. The van der Waals surface area contributed by atoms with E-state index in [1.165, 1.54) is 78.1 Å². The Labute approximate surface area is 207 Å². The molecule has 0 aliphatic carbocycles. The van der Waals surface area contributed by atoms with Gasteiger partial charge in [0.15, 0.2) is 16.9 Å². The van der Waals surface area contributed by atoms with E-state index < -0.39 is 17.4 Å². The molecule has 1 aromatic rings. The van der Waals surface area contributed by atoms with E-state index in [0.717, 1.165) is 19.3 Å². The highest BCUT2D eigenvalue weighted by Gasteiger charge is 2.40. The predicted molar refractivity (Wildman–Crippen MR) is 138 cm³/mol. The fraction of sp³-hybridized carbons (Fsp3) is 0.724. The summed E-state index contributed by atoms with van der Waals surface area (Å²) in [5, 5.41) is 0. The van der Waals surface area contributed by atoms with Gasteiger partial charge in [0, 0.05) is 0 Å². The molecule has 194 valence electrons. The Kier molecular flexibility index (Phi) is 15.4. The van der Waals surface area contributed by atoms with E-state index in [4.69, 9.17) is 14.2 Å². The third kappa shape index (κ3) is 12.4. The first-order chi connectivity index (χ1) is 16.3. The molecular formula is C29H48O5. The van der Waals surface area contributed by atoms with E-state index in [2.05, 4.69) is 6.92 Å². The summed E-state index contributed by atoms with van der Waals surface area (Å²) in [7, 11) is 0. The van der Waals surface area contributed by atoms with Crippen molar-refractivity contribution in [3.05, 3.63) is 24.3 Å². The van der Waals surface area contributed by atoms with Crippen LogP contribution >= 0.6 is 0 Å². The minimum Gasteiger partial charge on any atom is -0.487 e. The number of esters is 2. The SMILES string of the molecule is CCCCCCCCCCCCCCCOC(=O)C(C)(C)C(=O)Oc1ccccc1OC(C)C. The summed E-state index contributed by atoms with van der Waals surface area (Å²) in [6.45, 7) is 9.46. The van der Waals surface area contributed by atoms with Gasteiger partial charge in [-0.05, 0) is 46.2 Å². The van der Waals surface area contributed by atoms with Gasteiger partial charge < -0.3 is 14.2 Å². The first-order valence-corrected chi connectivity index (χ1v) is 13.4. The minimum absolute atomic E-state index is 0.0573. The molecule has 0 unspecified atom stereocenters. The van der Waals surface area contributed by atoms with E-state index >= 15 is 0 Å². The van der Waals surface area contributed by atoms with Gasteiger partial charge in [0.05, 0.1) is 12.7 Å². The molecule has 5 nitrogen and oxygen atoms in total. The highest BCUT2D eigenvalue weighted by Crippen LogP contribution is 2.30. The Bertz CT molecular complexity index is 696. The third-order valence-corrected chi connectivity index (χ3v) is 5.92. The molecule has 0 radical (unpaired) electrons. The first kappa shape index (κ1) is 30.0. The van der Waals surface area contributed by atoms with Crippen molar-refractivity contribution in [1.29, 1.82) is 0 Å². The summed E-state index contributed by atoms with van der Waals surface area (Å²) < 4.78 is 16.6. The van der Waals surface area contributed by atoms with E-state index in [-0.39, 0.29) is 6.10 Å². The van der Waals surface area contributed by atoms with Crippen LogP contribution in [0.3, 0.4) is 0 Å². The average Bonchev–Trinajstić information content (AvgIpc) is 2.80. The van der Waals surface area contributed by atoms with Gasteiger partial charge in [-0.1, -0.05) is 96.1 Å². The summed E-state index contributed by atoms with van der Waals surface area (Å²) in [6.07, 6.45) is 16.4. The first-order valence-electron chi connectivity index (χ1n) is 13.4. The average molecular weight is 477 g/mol.